The van der Waals surface area contributed by atoms with E-state index >= 15 is 0 Å². The van der Waals surface area contributed by atoms with Gasteiger partial charge in [-0.1, -0.05) is 26.0 Å². The summed E-state index contributed by atoms with van der Waals surface area (Å²) in [5, 5.41) is 70.8. The van der Waals surface area contributed by atoms with Gasteiger partial charge in [-0.2, -0.15) is 11.8 Å². The molecule has 0 bridgehead atoms. The number of aliphatic hydroxyl groups excluding tert-OH is 1. The number of aliphatic carboxylic acids is 4. The molecule has 61 heavy (non-hydrogen) atoms. The van der Waals surface area contributed by atoms with E-state index in [1.807, 2.05) is 0 Å². The molecule has 0 aromatic heterocycles. The number of carbonyl (C=O) groups is 10. The Labute approximate surface area is 354 Å². The Hall–Kier alpha value is -6.01. The fraction of sp³-hybridized carbons (Fsp3) is 0.568. The quantitative estimate of drug-likeness (QED) is 0.0406. The second kappa shape index (κ2) is 26.3. The number of rotatable bonds is 28. The summed E-state index contributed by atoms with van der Waals surface area (Å²) in [5.41, 5.74) is 5.98. The molecular formula is C37H55N7O16S. The average molecular weight is 886 g/mol. The van der Waals surface area contributed by atoms with E-state index in [2.05, 4.69) is 31.9 Å². The predicted molar refractivity (Wildman–Crippen MR) is 215 cm³/mol. The molecule has 0 radical (unpaired) electrons. The zero-order valence-corrected chi connectivity index (χ0v) is 34.7. The van der Waals surface area contributed by atoms with E-state index in [4.69, 9.17) is 10.8 Å². The lowest BCUT2D eigenvalue weighted by Crippen LogP contribution is -2.60. The van der Waals surface area contributed by atoms with Crippen LogP contribution in [0.1, 0.15) is 64.9 Å². The van der Waals surface area contributed by atoms with Gasteiger partial charge in [-0.15, -0.1) is 0 Å². The molecule has 0 fully saturated rings. The van der Waals surface area contributed by atoms with E-state index in [0.717, 1.165) is 6.92 Å². The standard InChI is InChI=1S/C37H55N7O16S/c1-17(2)29(43-31(53)21(38)16-28(51)52)36(58)41-23(10-12-27(49)50)32(54)40-24(13-14-61-4)34(56)39-22(9-11-26(47)48)33(55)42-25(15-19-5-7-20(46)8-6-19)35(57)44-30(18(3)45)37(59)60/h5-8,17-18,21-25,29-30,45-46H,9-16,38H2,1-4H3,(H,39,56)(H,40,54)(H,41,58)(H,42,55)(H,43,53)(H,44,57)(H,47,48)(H,49,50)(H,51,52)(H,59,60)/t18-,21+,22+,23+,24+,25+,29+,30+/m1/s1. The summed E-state index contributed by atoms with van der Waals surface area (Å²) >= 11 is 1.25. The summed E-state index contributed by atoms with van der Waals surface area (Å²) < 4.78 is 0. The van der Waals surface area contributed by atoms with Gasteiger partial charge in [0.2, 0.25) is 35.4 Å². The molecule has 8 atom stereocenters. The lowest BCUT2D eigenvalue weighted by Gasteiger charge is -2.28. The van der Waals surface area contributed by atoms with E-state index in [-0.39, 0.29) is 24.3 Å². The number of phenolic OH excluding ortho intramolecular Hbond substituents is 1. The number of hydrogen-bond donors (Lipinski definition) is 13. The fourth-order valence-electron chi connectivity index (χ4n) is 5.45. The fourth-order valence-corrected chi connectivity index (χ4v) is 5.92. The van der Waals surface area contributed by atoms with Gasteiger partial charge in [-0.25, -0.2) is 4.79 Å². The first kappa shape index (κ1) is 53.0. The first-order valence-corrected chi connectivity index (χ1v) is 20.3. The summed E-state index contributed by atoms with van der Waals surface area (Å²) in [5.74, 6) is -12.5. The molecule has 0 aliphatic heterocycles. The minimum atomic E-state index is -1.81. The van der Waals surface area contributed by atoms with Crippen molar-refractivity contribution in [2.75, 3.05) is 12.0 Å². The number of nitrogens with two attached hydrogens (primary N) is 1. The van der Waals surface area contributed by atoms with Crippen LogP contribution < -0.4 is 37.6 Å². The summed E-state index contributed by atoms with van der Waals surface area (Å²) in [4.78, 5) is 126. The van der Waals surface area contributed by atoms with Crippen LogP contribution in [0.4, 0.5) is 0 Å². The van der Waals surface area contributed by atoms with Gasteiger partial charge in [0, 0.05) is 19.3 Å². The molecule has 0 aliphatic rings. The van der Waals surface area contributed by atoms with Crippen molar-refractivity contribution in [3.63, 3.8) is 0 Å². The van der Waals surface area contributed by atoms with Gasteiger partial charge in [-0.05, 0) is 61.8 Å². The van der Waals surface area contributed by atoms with Crippen LogP contribution in [0.25, 0.3) is 0 Å². The molecule has 1 rings (SSSR count). The predicted octanol–water partition coefficient (Wildman–Crippen LogP) is -2.75. The number of phenols is 1. The third-order valence-corrected chi connectivity index (χ3v) is 9.48. The number of hydrogen-bond acceptors (Lipinski definition) is 14. The highest BCUT2D eigenvalue weighted by Crippen LogP contribution is 2.13. The second-order valence-electron chi connectivity index (χ2n) is 14.3. The highest BCUT2D eigenvalue weighted by atomic mass is 32.2. The molecule has 340 valence electrons. The van der Waals surface area contributed by atoms with Gasteiger partial charge < -0.3 is 68.3 Å². The third kappa shape index (κ3) is 19.7. The maximum absolute atomic E-state index is 13.8. The molecule has 1 aromatic carbocycles. The maximum Gasteiger partial charge on any atom is 0.328 e. The Kier molecular flexibility index (Phi) is 22.8. The largest absolute Gasteiger partial charge is 0.508 e. The summed E-state index contributed by atoms with van der Waals surface area (Å²) in [6.07, 6.45) is -3.48. The maximum atomic E-state index is 13.8. The van der Waals surface area contributed by atoms with Crippen LogP contribution in [0.15, 0.2) is 24.3 Å². The number of aromatic hydroxyl groups is 1. The average Bonchev–Trinajstić information content (AvgIpc) is 3.16. The molecule has 0 heterocycles. The Bertz CT molecular complexity index is 1730. The summed E-state index contributed by atoms with van der Waals surface area (Å²) in [7, 11) is 0. The second-order valence-corrected chi connectivity index (χ2v) is 15.2. The van der Waals surface area contributed by atoms with Crippen molar-refractivity contribution in [1.82, 2.24) is 31.9 Å². The zero-order chi connectivity index (χ0) is 46.6. The normalized spacial score (nSPS) is 14.9. The number of aliphatic hydroxyl groups is 1. The van der Waals surface area contributed by atoms with Crippen LogP contribution in [-0.4, -0.2) is 150 Å². The Morgan fingerprint density at radius 2 is 1.02 bits per heavy atom. The van der Waals surface area contributed by atoms with Crippen molar-refractivity contribution in [2.45, 2.75) is 114 Å². The topological polar surface area (TPSA) is 390 Å². The van der Waals surface area contributed by atoms with Gasteiger partial charge in [0.05, 0.1) is 18.6 Å². The molecule has 1 aromatic rings. The van der Waals surface area contributed by atoms with Crippen LogP contribution in [-0.2, 0) is 54.4 Å². The molecule has 0 saturated carbocycles. The molecule has 6 amide bonds. The Morgan fingerprint density at radius 3 is 1.43 bits per heavy atom. The molecule has 0 aliphatic carbocycles. The molecule has 14 N–H and O–H groups in total. The number of carboxylic acid groups (broad SMARTS) is 4. The zero-order valence-electron chi connectivity index (χ0n) is 33.9. The monoisotopic (exact) mass is 885 g/mol. The molecular weight excluding hydrogens is 831 g/mol. The van der Waals surface area contributed by atoms with Crippen LogP contribution >= 0.6 is 11.8 Å². The summed E-state index contributed by atoms with van der Waals surface area (Å²) in [6, 6.07) is -5.75. The lowest BCUT2D eigenvalue weighted by atomic mass is 10.0. The van der Waals surface area contributed by atoms with Crippen LogP contribution in [0.2, 0.25) is 0 Å². The first-order valence-electron chi connectivity index (χ1n) is 18.9. The van der Waals surface area contributed by atoms with E-state index in [1.54, 1.807) is 6.26 Å². The highest BCUT2D eigenvalue weighted by Gasteiger charge is 2.35. The van der Waals surface area contributed by atoms with Gasteiger partial charge >= 0.3 is 23.9 Å². The number of amides is 6. The van der Waals surface area contributed by atoms with Crippen molar-refractivity contribution in [3.05, 3.63) is 29.8 Å². The number of nitrogens with one attached hydrogen (secondary N) is 6. The van der Waals surface area contributed by atoms with E-state index in [0.29, 0.717) is 5.56 Å². The number of carboxylic acids is 4. The molecule has 0 unspecified atom stereocenters. The molecule has 0 saturated heterocycles. The van der Waals surface area contributed by atoms with Crippen molar-refractivity contribution < 1.29 is 78.6 Å². The van der Waals surface area contributed by atoms with Gasteiger partial charge in [-0.3, -0.25) is 43.2 Å². The van der Waals surface area contributed by atoms with Crippen molar-refractivity contribution in [3.8, 4) is 5.75 Å². The SMILES string of the molecule is CSCC[C@H](NC(=O)[C@H](CCC(=O)O)NC(=O)[C@@H](NC(=O)[C@@H](N)CC(=O)O)C(C)C)C(=O)N[C@@H](CCC(=O)O)C(=O)N[C@@H](Cc1ccc(O)cc1)C(=O)N[C@H](C(=O)O)[C@@H](C)O. The minimum absolute atomic E-state index is 0.112. The number of benzene rings is 1. The Balaban J connectivity index is 3.46. The van der Waals surface area contributed by atoms with Crippen molar-refractivity contribution in [1.29, 1.82) is 0 Å². The van der Waals surface area contributed by atoms with E-state index in [9.17, 15) is 73.5 Å². The van der Waals surface area contributed by atoms with Crippen LogP contribution in [0, 0.1) is 5.92 Å². The van der Waals surface area contributed by atoms with Crippen molar-refractivity contribution >= 4 is 71.1 Å². The van der Waals surface area contributed by atoms with Crippen molar-refractivity contribution in [2.24, 2.45) is 11.7 Å². The van der Waals surface area contributed by atoms with E-state index < -0.39 is 146 Å². The van der Waals surface area contributed by atoms with Gasteiger partial charge in [0.1, 0.15) is 36.0 Å². The van der Waals surface area contributed by atoms with E-state index in [1.165, 1.54) is 49.9 Å². The van der Waals surface area contributed by atoms with Crippen LogP contribution in [0.5, 0.6) is 5.75 Å². The van der Waals surface area contributed by atoms with Gasteiger partial charge in [0.15, 0.2) is 6.04 Å². The highest BCUT2D eigenvalue weighted by molar-refractivity contribution is 7.98. The first-order chi connectivity index (χ1) is 28.5. The van der Waals surface area contributed by atoms with Gasteiger partial charge in [0.25, 0.3) is 0 Å². The summed E-state index contributed by atoms with van der Waals surface area (Å²) in [6.45, 7) is 4.14. The number of thioether (sulfide) groups is 1. The molecule has 0 spiro atoms. The Morgan fingerprint density at radius 1 is 0.590 bits per heavy atom. The van der Waals surface area contributed by atoms with Crippen LogP contribution in [0.3, 0.4) is 0 Å². The third-order valence-electron chi connectivity index (χ3n) is 8.84. The smallest absolute Gasteiger partial charge is 0.328 e. The molecule has 24 heteroatoms. The molecule has 23 nitrogen and oxygen atoms in total. The number of carbonyl (C=O) groups excluding carboxylic acids is 6. The minimum Gasteiger partial charge on any atom is -0.508 e. The lowest BCUT2D eigenvalue weighted by molar-refractivity contribution is -0.145.